The van der Waals surface area contributed by atoms with Crippen molar-refractivity contribution in [3.8, 4) is 0 Å². The van der Waals surface area contributed by atoms with Crippen molar-refractivity contribution in [2.24, 2.45) is 0 Å². The molecular formula is C26H26F9N3O4. The lowest BCUT2D eigenvalue weighted by molar-refractivity contribution is -0.143. The van der Waals surface area contributed by atoms with Crippen molar-refractivity contribution in [1.82, 2.24) is 9.88 Å². The number of nitrogens with zero attached hydrogens (tertiary/aromatic N) is 2. The zero-order chi connectivity index (χ0) is 31.0. The number of aliphatic hydroxyl groups excluding tert-OH is 1. The van der Waals surface area contributed by atoms with Crippen molar-refractivity contribution in [3.63, 3.8) is 0 Å². The topological polar surface area (TPSA) is 83.9 Å². The molecule has 0 radical (unpaired) electrons. The number of amides is 1. The van der Waals surface area contributed by atoms with Crippen molar-refractivity contribution in [2.75, 3.05) is 18.5 Å². The van der Waals surface area contributed by atoms with Crippen molar-refractivity contribution in [2.45, 2.75) is 75.6 Å². The maximum Gasteiger partial charge on any atom is 0.417 e. The van der Waals surface area contributed by atoms with Gasteiger partial charge < -0.3 is 19.9 Å². The van der Waals surface area contributed by atoms with E-state index in [1.165, 1.54) is 6.92 Å². The summed E-state index contributed by atoms with van der Waals surface area (Å²) < 4.78 is 131. The van der Waals surface area contributed by atoms with Crippen LogP contribution in [0, 0.1) is 0 Å². The van der Waals surface area contributed by atoms with E-state index in [9.17, 15) is 49.4 Å². The van der Waals surface area contributed by atoms with E-state index in [-0.39, 0.29) is 42.8 Å². The van der Waals surface area contributed by atoms with Crippen LogP contribution in [0.1, 0.15) is 60.2 Å². The Morgan fingerprint density at radius 3 is 2.17 bits per heavy atom. The highest BCUT2D eigenvalue weighted by atomic mass is 19.4. The summed E-state index contributed by atoms with van der Waals surface area (Å²) in [6.45, 7) is 1.00. The second-order valence-corrected chi connectivity index (χ2v) is 10.1. The summed E-state index contributed by atoms with van der Waals surface area (Å²) >= 11 is 0. The van der Waals surface area contributed by atoms with Crippen molar-refractivity contribution < 1.29 is 58.9 Å². The van der Waals surface area contributed by atoms with Gasteiger partial charge in [0, 0.05) is 25.5 Å². The third kappa shape index (κ3) is 7.19. The maximum atomic E-state index is 13.5. The summed E-state index contributed by atoms with van der Waals surface area (Å²) in [5.74, 6) is 0. The third-order valence-electron chi connectivity index (χ3n) is 7.13. The largest absolute Gasteiger partial charge is 0.439 e. The minimum atomic E-state index is -5.12. The zero-order valence-corrected chi connectivity index (χ0v) is 21.9. The summed E-state index contributed by atoms with van der Waals surface area (Å²) in [4.78, 5) is 17.6. The standard InChI is InChI=1S/C26H26F9N3O4/c1-13-22(14-6-15(24(27,28)29)8-16(7-14)25(30,31)32)42-23(40)38(13)12-21-20(9-17(11-36-21)26(33,34)35)37-18-3-5-41-19(10-18)2-4-39/h6-9,11,13,18-19,22,37,39H,2-5,10,12H2,1H3/t13-,18?,19?,22-/m0/s1. The Bertz CT molecular complexity index is 1250. The van der Waals surface area contributed by atoms with E-state index in [0.29, 0.717) is 37.6 Å². The Kier molecular flexibility index (Phi) is 8.88. The number of hydrogen-bond acceptors (Lipinski definition) is 6. The number of carbonyl (C=O) groups is 1. The van der Waals surface area contributed by atoms with E-state index in [2.05, 4.69) is 10.3 Å². The Hall–Kier alpha value is -3.27. The number of carbonyl (C=O) groups excluding carboxylic acids is 1. The number of aromatic nitrogens is 1. The Morgan fingerprint density at radius 1 is 0.976 bits per heavy atom. The fraction of sp³-hybridized carbons (Fsp3) is 0.538. The summed E-state index contributed by atoms with van der Waals surface area (Å²) in [7, 11) is 0. The van der Waals surface area contributed by atoms with E-state index in [0.717, 1.165) is 11.0 Å². The molecule has 0 saturated carbocycles. The lowest BCUT2D eigenvalue weighted by atomic mass is 9.97. The molecule has 42 heavy (non-hydrogen) atoms. The number of pyridine rings is 1. The highest BCUT2D eigenvalue weighted by molar-refractivity contribution is 5.71. The number of halogens is 9. The van der Waals surface area contributed by atoms with Gasteiger partial charge in [-0.25, -0.2) is 4.79 Å². The van der Waals surface area contributed by atoms with Crippen LogP contribution in [0.5, 0.6) is 0 Å². The van der Waals surface area contributed by atoms with E-state index < -0.39 is 65.6 Å². The van der Waals surface area contributed by atoms with E-state index in [4.69, 9.17) is 9.47 Å². The van der Waals surface area contributed by atoms with Gasteiger partial charge in [0.05, 0.1) is 46.8 Å². The molecule has 1 amide bonds. The normalized spacial score (nSPS) is 23.7. The number of nitrogens with one attached hydrogen (secondary N) is 1. The molecule has 2 fully saturated rings. The lowest BCUT2D eigenvalue weighted by Crippen LogP contribution is -2.36. The first-order chi connectivity index (χ1) is 19.5. The van der Waals surface area contributed by atoms with Gasteiger partial charge in [0.25, 0.3) is 0 Å². The fourth-order valence-electron chi connectivity index (χ4n) is 4.94. The smallest absolute Gasteiger partial charge is 0.417 e. The van der Waals surface area contributed by atoms with Gasteiger partial charge in [0.1, 0.15) is 6.10 Å². The molecule has 0 bridgehead atoms. The zero-order valence-electron chi connectivity index (χ0n) is 21.9. The molecule has 2 saturated heterocycles. The van der Waals surface area contributed by atoms with E-state index >= 15 is 0 Å². The van der Waals surface area contributed by atoms with Gasteiger partial charge in [0.15, 0.2) is 0 Å². The van der Waals surface area contributed by atoms with Crippen LogP contribution in [-0.2, 0) is 34.5 Å². The van der Waals surface area contributed by atoms with Crippen molar-refractivity contribution >= 4 is 11.8 Å². The lowest BCUT2D eigenvalue weighted by Gasteiger charge is -2.31. The van der Waals surface area contributed by atoms with Gasteiger partial charge in [-0.2, -0.15) is 39.5 Å². The summed E-state index contributed by atoms with van der Waals surface area (Å²) in [5, 5.41) is 12.2. The summed E-state index contributed by atoms with van der Waals surface area (Å²) in [6.07, 6.45) is -16.3. The summed E-state index contributed by atoms with van der Waals surface area (Å²) in [6, 6.07) is 0.200. The van der Waals surface area contributed by atoms with Gasteiger partial charge in [-0.1, -0.05) is 0 Å². The van der Waals surface area contributed by atoms with Crippen LogP contribution in [0.4, 0.5) is 50.0 Å². The molecule has 3 heterocycles. The Balaban J connectivity index is 1.63. The Morgan fingerprint density at radius 2 is 1.60 bits per heavy atom. The molecule has 4 rings (SSSR count). The molecule has 0 aliphatic carbocycles. The van der Waals surface area contributed by atoms with Gasteiger partial charge in [-0.15, -0.1) is 0 Å². The van der Waals surface area contributed by atoms with Crippen LogP contribution in [0.15, 0.2) is 30.5 Å². The molecule has 2 aromatic rings. The molecule has 16 heteroatoms. The van der Waals surface area contributed by atoms with Crippen LogP contribution in [-0.4, -0.2) is 52.5 Å². The van der Waals surface area contributed by atoms with E-state index in [1.54, 1.807) is 0 Å². The second-order valence-electron chi connectivity index (χ2n) is 10.1. The molecule has 2 unspecified atom stereocenters. The molecule has 4 atom stereocenters. The monoisotopic (exact) mass is 615 g/mol. The SMILES string of the molecule is C[C@H]1[C@@H](c2cc(C(F)(F)F)cc(C(F)(F)F)c2)OC(=O)N1Cc1ncc(C(F)(F)F)cc1NC1CCOC(CCO)C1. The maximum absolute atomic E-state index is 13.5. The number of aliphatic hydroxyl groups is 1. The number of hydrogen-bond donors (Lipinski definition) is 2. The van der Waals surface area contributed by atoms with Crippen molar-refractivity contribution in [1.29, 1.82) is 0 Å². The molecule has 232 valence electrons. The Labute approximate surface area is 233 Å². The average Bonchev–Trinajstić information content (AvgIpc) is 3.16. The molecule has 7 nitrogen and oxygen atoms in total. The number of alkyl halides is 9. The predicted molar refractivity (Wildman–Crippen MR) is 128 cm³/mol. The predicted octanol–water partition coefficient (Wildman–Crippen LogP) is 6.56. The molecule has 2 N–H and O–H groups in total. The number of benzene rings is 1. The highest BCUT2D eigenvalue weighted by Gasteiger charge is 2.44. The van der Waals surface area contributed by atoms with Gasteiger partial charge >= 0.3 is 24.6 Å². The minimum Gasteiger partial charge on any atom is -0.439 e. The average molecular weight is 615 g/mol. The minimum absolute atomic E-state index is 0.0299. The number of rotatable bonds is 7. The molecular weight excluding hydrogens is 589 g/mol. The first-order valence-electron chi connectivity index (χ1n) is 12.8. The highest BCUT2D eigenvalue weighted by Crippen LogP contribution is 2.41. The quantitative estimate of drug-likeness (QED) is 0.344. The van der Waals surface area contributed by atoms with Gasteiger partial charge in [-0.05, 0) is 56.0 Å². The molecule has 0 spiro atoms. The molecule has 2 aliphatic rings. The fourth-order valence-corrected chi connectivity index (χ4v) is 4.94. The van der Waals surface area contributed by atoms with Crippen LogP contribution >= 0.6 is 0 Å². The van der Waals surface area contributed by atoms with Gasteiger partial charge in [0.2, 0.25) is 0 Å². The second kappa shape index (κ2) is 11.8. The van der Waals surface area contributed by atoms with Crippen molar-refractivity contribution in [3.05, 3.63) is 58.4 Å². The van der Waals surface area contributed by atoms with Crippen LogP contribution < -0.4 is 5.32 Å². The summed E-state index contributed by atoms with van der Waals surface area (Å²) in [5.41, 5.74) is -4.89. The van der Waals surface area contributed by atoms with Crippen LogP contribution in [0.2, 0.25) is 0 Å². The van der Waals surface area contributed by atoms with Crippen LogP contribution in [0.3, 0.4) is 0 Å². The number of anilines is 1. The number of ether oxygens (including phenoxy) is 2. The van der Waals surface area contributed by atoms with E-state index in [1.807, 2.05) is 0 Å². The first-order valence-corrected chi connectivity index (χ1v) is 12.8. The third-order valence-corrected chi connectivity index (χ3v) is 7.13. The molecule has 1 aromatic carbocycles. The number of cyclic esters (lactones) is 1. The first kappa shape index (κ1) is 31.7. The molecule has 2 aliphatic heterocycles. The molecule has 1 aromatic heterocycles. The van der Waals surface area contributed by atoms with Gasteiger partial charge in [-0.3, -0.25) is 9.88 Å². The van der Waals surface area contributed by atoms with Crippen LogP contribution in [0.25, 0.3) is 0 Å².